The largest absolute Gasteiger partial charge is 0.457 e. The van der Waals surface area contributed by atoms with Crippen molar-refractivity contribution in [3.63, 3.8) is 0 Å². The van der Waals surface area contributed by atoms with E-state index in [0.717, 1.165) is 11.3 Å². The van der Waals surface area contributed by atoms with E-state index >= 15 is 0 Å². The maximum Gasteiger partial charge on any atom is 0.251 e. The minimum Gasteiger partial charge on any atom is -0.457 e. The molecule has 0 heterocycles. The van der Waals surface area contributed by atoms with Crippen LogP contribution in [0.2, 0.25) is 0 Å². The third kappa shape index (κ3) is 4.36. The molecule has 3 aromatic rings. The molecule has 0 bridgehead atoms. The average molecular weight is 345 g/mol. The van der Waals surface area contributed by atoms with Crippen LogP contribution in [0.3, 0.4) is 0 Å². The SMILES string of the molecule is CC(=O)c1ccc(C(=O)NCc2ccccc2Oc2ccccc2)cc1. The smallest absolute Gasteiger partial charge is 0.251 e. The molecule has 0 saturated carbocycles. The first-order valence-corrected chi connectivity index (χ1v) is 8.33. The Bertz CT molecular complexity index is 902. The van der Waals surface area contributed by atoms with Gasteiger partial charge in [-0.1, -0.05) is 48.5 Å². The van der Waals surface area contributed by atoms with Gasteiger partial charge in [0.25, 0.3) is 5.91 Å². The molecule has 0 radical (unpaired) electrons. The second-order valence-corrected chi connectivity index (χ2v) is 5.84. The predicted octanol–water partition coefficient (Wildman–Crippen LogP) is 4.61. The van der Waals surface area contributed by atoms with Crippen molar-refractivity contribution in [3.05, 3.63) is 95.6 Å². The van der Waals surface area contributed by atoms with E-state index in [1.165, 1.54) is 6.92 Å². The maximum atomic E-state index is 12.3. The maximum absolute atomic E-state index is 12.3. The standard InChI is InChI=1S/C22H19NO3/c1-16(24)17-11-13-18(14-12-17)22(25)23-15-19-7-5-6-10-21(19)26-20-8-3-2-4-9-20/h2-14H,15H2,1H3,(H,23,25). The van der Waals surface area contributed by atoms with Crippen molar-refractivity contribution < 1.29 is 14.3 Å². The third-order valence-electron chi connectivity index (χ3n) is 3.94. The van der Waals surface area contributed by atoms with Gasteiger partial charge in [0.15, 0.2) is 5.78 Å². The first kappa shape index (κ1) is 17.4. The van der Waals surface area contributed by atoms with Crippen molar-refractivity contribution in [1.29, 1.82) is 0 Å². The fraction of sp³-hybridized carbons (Fsp3) is 0.0909. The summed E-state index contributed by atoms with van der Waals surface area (Å²) in [4.78, 5) is 23.6. The van der Waals surface area contributed by atoms with Gasteiger partial charge in [-0.25, -0.2) is 0 Å². The molecule has 26 heavy (non-hydrogen) atoms. The number of nitrogens with one attached hydrogen (secondary N) is 1. The highest BCUT2D eigenvalue weighted by Crippen LogP contribution is 2.24. The Labute approximate surface area is 152 Å². The Morgan fingerprint density at radius 1 is 0.808 bits per heavy atom. The number of hydrogen-bond acceptors (Lipinski definition) is 3. The van der Waals surface area contributed by atoms with Crippen LogP contribution in [-0.4, -0.2) is 11.7 Å². The second kappa shape index (κ2) is 8.12. The molecular formula is C22H19NO3. The van der Waals surface area contributed by atoms with E-state index in [4.69, 9.17) is 4.74 Å². The summed E-state index contributed by atoms with van der Waals surface area (Å²) in [6.45, 7) is 1.84. The number of Topliss-reactive ketones (excluding diaryl/α,β-unsaturated/α-hetero) is 1. The lowest BCUT2D eigenvalue weighted by Gasteiger charge is -2.12. The monoisotopic (exact) mass is 345 g/mol. The van der Waals surface area contributed by atoms with Crippen LogP contribution in [0.1, 0.15) is 33.2 Å². The van der Waals surface area contributed by atoms with Crippen LogP contribution in [0.5, 0.6) is 11.5 Å². The lowest BCUT2D eigenvalue weighted by atomic mass is 10.1. The number of hydrogen-bond donors (Lipinski definition) is 1. The van der Waals surface area contributed by atoms with E-state index in [0.29, 0.717) is 23.4 Å². The lowest BCUT2D eigenvalue weighted by molar-refractivity contribution is 0.0948. The number of ether oxygens (including phenoxy) is 1. The summed E-state index contributed by atoms with van der Waals surface area (Å²) in [7, 11) is 0. The molecule has 0 spiro atoms. The van der Waals surface area contributed by atoms with E-state index in [1.54, 1.807) is 24.3 Å². The van der Waals surface area contributed by atoms with Crippen molar-refractivity contribution in [3.8, 4) is 11.5 Å². The molecule has 0 fully saturated rings. The zero-order valence-corrected chi connectivity index (χ0v) is 14.4. The van der Waals surface area contributed by atoms with Crippen LogP contribution in [0.4, 0.5) is 0 Å². The first-order chi connectivity index (χ1) is 12.6. The molecule has 0 aliphatic carbocycles. The van der Waals surface area contributed by atoms with Crippen LogP contribution in [0.15, 0.2) is 78.9 Å². The number of carbonyl (C=O) groups excluding carboxylic acids is 2. The van der Waals surface area contributed by atoms with Crippen molar-refractivity contribution >= 4 is 11.7 Å². The van der Waals surface area contributed by atoms with E-state index < -0.39 is 0 Å². The molecule has 1 amide bonds. The van der Waals surface area contributed by atoms with Crippen molar-refractivity contribution in [2.75, 3.05) is 0 Å². The van der Waals surface area contributed by atoms with Gasteiger partial charge in [0.2, 0.25) is 0 Å². The fourth-order valence-electron chi connectivity index (χ4n) is 2.50. The van der Waals surface area contributed by atoms with Gasteiger partial charge in [0.05, 0.1) is 0 Å². The van der Waals surface area contributed by atoms with Crippen LogP contribution in [0, 0.1) is 0 Å². The van der Waals surface area contributed by atoms with E-state index in [9.17, 15) is 9.59 Å². The molecule has 0 aliphatic heterocycles. The molecule has 1 N–H and O–H groups in total. The predicted molar refractivity (Wildman–Crippen MR) is 101 cm³/mol. The van der Waals surface area contributed by atoms with E-state index in [-0.39, 0.29) is 11.7 Å². The minimum atomic E-state index is -0.199. The van der Waals surface area contributed by atoms with Crippen LogP contribution in [-0.2, 0) is 6.54 Å². The molecule has 0 atom stereocenters. The molecule has 3 aromatic carbocycles. The molecule has 0 unspecified atom stereocenters. The van der Waals surface area contributed by atoms with Crippen LogP contribution >= 0.6 is 0 Å². The molecule has 4 nitrogen and oxygen atoms in total. The minimum absolute atomic E-state index is 0.0241. The number of benzene rings is 3. The van der Waals surface area contributed by atoms with Crippen LogP contribution in [0.25, 0.3) is 0 Å². The number of para-hydroxylation sites is 2. The number of amides is 1. The Morgan fingerprint density at radius 3 is 2.12 bits per heavy atom. The van der Waals surface area contributed by atoms with E-state index in [1.807, 2.05) is 54.6 Å². The lowest BCUT2D eigenvalue weighted by Crippen LogP contribution is -2.23. The summed E-state index contributed by atoms with van der Waals surface area (Å²) in [5, 5.41) is 2.89. The highest BCUT2D eigenvalue weighted by molar-refractivity contribution is 5.97. The molecule has 0 aromatic heterocycles. The van der Waals surface area contributed by atoms with Crippen molar-refractivity contribution in [2.45, 2.75) is 13.5 Å². The summed E-state index contributed by atoms with van der Waals surface area (Å²) >= 11 is 0. The Hall–Kier alpha value is -3.40. The molecular weight excluding hydrogens is 326 g/mol. The molecule has 4 heteroatoms. The van der Waals surface area contributed by atoms with Gasteiger partial charge in [-0.15, -0.1) is 0 Å². The Morgan fingerprint density at radius 2 is 1.42 bits per heavy atom. The molecule has 0 saturated heterocycles. The summed E-state index contributed by atoms with van der Waals surface area (Å²) in [5.41, 5.74) is 1.98. The zero-order valence-electron chi connectivity index (χ0n) is 14.4. The van der Waals surface area contributed by atoms with E-state index in [2.05, 4.69) is 5.32 Å². The van der Waals surface area contributed by atoms with Gasteiger partial charge in [-0.05, 0) is 37.3 Å². The highest BCUT2D eigenvalue weighted by atomic mass is 16.5. The van der Waals surface area contributed by atoms with Gasteiger partial charge in [-0.2, -0.15) is 0 Å². The van der Waals surface area contributed by atoms with Gasteiger partial charge < -0.3 is 10.1 Å². The second-order valence-electron chi connectivity index (χ2n) is 5.84. The summed E-state index contributed by atoms with van der Waals surface area (Å²) < 4.78 is 5.90. The average Bonchev–Trinajstić information content (AvgIpc) is 2.68. The Balaban J connectivity index is 1.67. The number of ketones is 1. The zero-order chi connectivity index (χ0) is 18.4. The highest BCUT2D eigenvalue weighted by Gasteiger charge is 2.09. The van der Waals surface area contributed by atoms with Gasteiger partial charge in [0.1, 0.15) is 11.5 Å². The van der Waals surface area contributed by atoms with Gasteiger partial charge >= 0.3 is 0 Å². The fourth-order valence-corrected chi connectivity index (χ4v) is 2.50. The molecule has 130 valence electrons. The van der Waals surface area contributed by atoms with Gasteiger partial charge in [-0.3, -0.25) is 9.59 Å². The first-order valence-electron chi connectivity index (χ1n) is 8.33. The normalized spacial score (nSPS) is 10.2. The summed E-state index contributed by atoms with van der Waals surface area (Å²) in [6.07, 6.45) is 0. The quantitative estimate of drug-likeness (QED) is 0.664. The van der Waals surface area contributed by atoms with Crippen molar-refractivity contribution in [2.24, 2.45) is 0 Å². The number of carbonyl (C=O) groups is 2. The van der Waals surface area contributed by atoms with Gasteiger partial charge in [0, 0.05) is 23.2 Å². The van der Waals surface area contributed by atoms with Crippen LogP contribution < -0.4 is 10.1 Å². The topological polar surface area (TPSA) is 55.4 Å². The number of rotatable bonds is 6. The molecule has 3 rings (SSSR count). The molecule has 0 aliphatic rings. The summed E-state index contributed by atoms with van der Waals surface area (Å²) in [6, 6.07) is 23.7. The third-order valence-corrected chi connectivity index (χ3v) is 3.94. The van der Waals surface area contributed by atoms with Crippen molar-refractivity contribution in [1.82, 2.24) is 5.32 Å². The summed E-state index contributed by atoms with van der Waals surface area (Å²) in [5.74, 6) is 1.22. The Kier molecular flexibility index (Phi) is 5.44.